The van der Waals surface area contributed by atoms with Crippen molar-refractivity contribution in [3.8, 4) is 11.5 Å². The minimum absolute atomic E-state index is 0.0723. The third-order valence-corrected chi connectivity index (χ3v) is 5.90. The molecule has 0 aromatic heterocycles. The molecule has 1 aliphatic rings. The number of methoxy groups -OCH3 is 2. The molecule has 0 radical (unpaired) electrons. The van der Waals surface area contributed by atoms with Gasteiger partial charge in [-0.1, -0.05) is 13.8 Å². The Morgan fingerprint density at radius 1 is 1.19 bits per heavy atom. The number of benzene rings is 1. The first kappa shape index (κ1) is 16.1. The van der Waals surface area contributed by atoms with E-state index in [0.717, 1.165) is 12.8 Å². The molecular formula is C15H23NO4S. The van der Waals surface area contributed by atoms with Crippen LogP contribution in [0.25, 0.3) is 0 Å². The van der Waals surface area contributed by atoms with Crippen LogP contribution in [-0.4, -0.2) is 39.5 Å². The normalized spacial score (nSPS) is 20.0. The Bertz CT molecular complexity index is 598. The molecule has 1 atom stereocenters. The number of hydrogen-bond donors (Lipinski definition) is 0. The molecule has 6 heteroatoms. The Labute approximate surface area is 126 Å². The fourth-order valence-corrected chi connectivity index (χ4v) is 4.68. The van der Waals surface area contributed by atoms with Crippen molar-refractivity contribution >= 4 is 10.0 Å². The highest BCUT2D eigenvalue weighted by Crippen LogP contribution is 2.34. The Morgan fingerprint density at radius 3 is 2.43 bits per heavy atom. The number of hydrogen-bond acceptors (Lipinski definition) is 4. The monoisotopic (exact) mass is 313 g/mol. The molecule has 1 aliphatic heterocycles. The molecule has 1 saturated heterocycles. The maximum absolute atomic E-state index is 12.8. The summed E-state index contributed by atoms with van der Waals surface area (Å²) in [6.07, 6.45) is 1.83. The van der Waals surface area contributed by atoms with E-state index in [1.807, 2.05) is 0 Å². The van der Waals surface area contributed by atoms with Crippen LogP contribution < -0.4 is 9.47 Å². The zero-order valence-corrected chi connectivity index (χ0v) is 13.8. The van der Waals surface area contributed by atoms with Gasteiger partial charge in [0, 0.05) is 18.7 Å². The molecule has 0 saturated carbocycles. The third-order valence-electron chi connectivity index (χ3n) is 3.98. The fraction of sp³-hybridized carbons (Fsp3) is 0.600. The molecule has 118 valence electrons. The van der Waals surface area contributed by atoms with E-state index in [1.165, 1.54) is 20.3 Å². The summed E-state index contributed by atoms with van der Waals surface area (Å²) in [6.45, 7) is 4.71. The van der Waals surface area contributed by atoms with E-state index >= 15 is 0 Å². The molecule has 1 aromatic rings. The predicted molar refractivity (Wildman–Crippen MR) is 81.3 cm³/mol. The minimum Gasteiger partial charge on any atom is -0.493 e. The van der Waals surface area contributed by atoms with Crippen LogP contribution in [0.2, 0.25) is 0 Å². The maximum Gasteiger partial charge on any atom is 0.243 e. The van der Waals surface area contributed by atoms with Crippen LogP contribution in [0.4, 0.5) is 0 Å². The van der Waals surface area contributed by atoms with E-state index in [-0.39, 0.29) is 10.9 Å². The van der Waals surface area contributed by atoms with Crippen molar-refractivity contribution in [1.29, 1.82) is 0 Å². The van der Waals surface area contributed by atoms with Gasteiger partial charge < -0.3 is 9.47 Å². The molecule has 1 aromatic carbocycles. The highest BCUT2D eigenvalue weighted by molar-refractivity contribution is 7.89. The first-order chi connectivity index (χ1) is 9.91. The van der Waals surface area contributed by atoms with Crippen molar-refractivity contribution in [3.63, 3.8) is 0 Å². The van der Waals surface area contributed by atoms with Gasteiger partial charge in [0.1, 0.15) is 0 Å². The molecule has 21 heavy (non-hydrogen) atoms. The summed E-state index contributed by atoms with van der Waals surface area (Å²) < 4.78 is 37.7. The second kappa shape index (κ2) is 6.23. The molecular weight excluding hydrogens is 290 g/mol. The van der Waals surface area contributed by atoms with Crippen molar-refractivity contribution in [2.45, 2.75) is 37.6 Å². The molecule has 0 N–H and O–H groups in total. The Balaban J connectivity index is 2.40. The molecule has 0 bridgehead atoms. The number of ether oxygens (including phenoxy) is 2. The van der Waals surface area contributed by atoms with Crippen LogP contribution in [0, 0.1) is 5.92 Å². The summed E-state index contributed by atoms with van der Waals surface area (Å²) in [5.41, 5.74) is 0. The van der Waals surface area contributed by atoms with Gasteiger partial charge >= 0.3 is 0 Å². The van der Waals surface area contributed by atoms with Crippen molar-refractivity contribution < 1.29 is 17.9 Å². The number of sulfonamides is 1. The molecule has 1 unspecified atom stereocenters. The largest absolute Gasteiger partial charge is 0.493 e. The second-order valence-electron chi connectivity index (χ2n) is 5.59. The van der Waals surface area contributed by atoms with Crippen molar-refractivity contribution in [2.75, 3.05) is 20.8 Å². The standard InChI is InChI=1S/C15H23NO4S/c1-11(2)13-6-5-9-16(13)21(17,18)12-7-8-14(19-3)15(10-12)20-4/h7-8,10-11,13H,5-6,9H2,1-4H3. The number of nitrogens with zero attached hydrogens (tertiary/aromatic N) is 1. The van der Waals surface area contributed by atoms with Crippen LogP contribution in [-0.2, 0) is 10.0 Å². The zero-order chi connectivity index (χ0) is 15.6. The summed E-state index contributed by atoms with van der Waals surface area (Å²) in [4.78, 5) is 0.257. The summed E-state index contributed by atoms with van der Waals surface area (Å²) in [5.74, 6) is 1.26. The molecule has 1 heterocycles. The number of rotatable bonds is 5. The van der Waals surface area contributed by atoms with Crippen LogP contribution >= 0.6 is 0 Å². The fourth-order valence-electron chi connectivity index (χ4n) is 2.84. The van der Waals surface area contributed by atoms with Crippen molar-refractivity contribution in [2.24, 2.45) is 5.92 Å². The SMILES string of the molecule is COc1ccc(S(=O)(=O)N2CCCC2C(C)C)cc1OC. The van der Waals surface area contributed by atoms with Crippen LogP contribution in [0.1, 0.15) is 26.7 Å². The summed E-state index contributed by atoms with van der Waals surface area (Å²) in [6, 6.07) is 4.81. The Hall–Kier alpha value is -1.27. The Kier molecular flexibility index (Phi) is 4.78. The predicted octanol–water partition coefficient (Wildman–Crippen LogP) is 2.51. The van der Waals surface area contributed by atoms with E-state index in [1.54, 1.807) is 16.4 Å². The molecule has 0 spiro atoms. The first-order valence-electron chi connectivity index (χ1n) is 7.15. The van der Waals surface area contributed by atoms with E-state index in [4.69, 9.17) is 9.47 Å². The van der Waals surface area contributed by atoms with Gasteiger partial charge in [-0.25, -0.2) is 8.42 Å². The van der Waals surface area contributed by atoms with Gasteiger partial charge in [-0.15, -0.1) is 0 Å². The van der Waals surface area contributed by atoms with Crippen LogP contribution in [0.15, 0.2) is 23.1 Å². The lowest BCUT2D eigenvalue weighted by Crippen LogP contribution is -2.38. The average Bonchev–Trinajstić information content (AvgIpc) is 2.96. The first-order valence-corrected chi connectivity index (χ1v) is 8.59. The highest BCUT2D eigenvalue weighted by Gasteiger charge is 2.37. The van der Waals surface area contributed by atoms with Crippen LogP contribution in [0.3, 0.4) is 0 Å². The summed E-state index contributed by atoms with van der Waals surface area (Å²) >= 11 is 0. The van der Waals surface area contributed by atoms with Gasteiger partial charge in [0.05, 0.1) is 19.1 Å². The highest BCUT2D eigenvalue weighted by atomic mass is 32.2. The van der Waals surface area contributed by atoms with Gasteiger partial charge in [-0.2, -0.15) is 4.31 Å². The molecule has 5 nitrogen and oxygen atoms in total. The summed E-state index contributed by atoms with van der Waals surface area (Å²) in [5, 5.41) is 0. The quantitative estimate of drug-likeness (QED) is 0.838. The molecule has 2 rings (SSSR count). The smallest absolute Gasteiger partial charge is 0.243 e. The third kappa shape index (κ3) is 3.01. The minimum atomic E-state index is -3.49. The maximum atomic E-state index is 12.8. The van der Waals surface area contributed by atoms with E-state index in [0.29, 0.717) is 24.0 Å². The lowest BCUT2D eigenvalue weighted by molar-refractivity contribution is 0.315. The Morgan fingerprint density at radius 2 is 1.86 bits per heavy atom. The lowest BCUT2D eigenvalue weighted by atomic mass is 10.0. The van der Waals surface area contributed by atoms with Gasteiger partial charge in [-0.05, 0) is 30.9 Å². The van der Waals surface area contributed by atoms with Gasteiger partial charge in [0.15, 0.2) is 11.5 Å². The van der Waals surface area contributed by atoms with Crippen molar-refractivity contribution in [3.05, 3.63) is 18.2 Å². The zero-order valence-electron chi connectivity index (χ0n) is 13.0. The van der Waals surface area contributed by atoms with Crippen LogP contribution in [0.5, 0.6) is 11.5 Å². The van der Waals surface area contributed by atoms with E-state index < -0.39 is 10.0 Å². The second-order valence-corrected chi connectivity index (χ2v) is 7.48. The molecule has 0 aliphatic carbocycles. The van der Waals surface area contributed by atoms with Gasteiger partial charge in [-0.3, -0.25) is 0 Å². The van der Waals surface area contributed by atoms with E-state index in [2.05, 4.69) is 13.8 Å². The van der Waals surface area contributed by atoms with Gasteiger partial charge in [0.2, 0.25) is 10.0 Å². The van der Waals surface area contributed by atoms with Gasteiger partial charge in [0.25, 0.3) is 0 Å². The van der Waals surface area contributed by atoms with E-state index in [9.17, 15) is 8.42 Å². The molecule has 0 amide bonds. The molecule has 1 fully saturated rings. The topological polar surface area (TPSA) is 55.8 Å². The lowest BCUT2D eigenvalue weighted by Gasteiger charge is -2.27. The summed E-state index contributed by atoms with van der Waals surface area (Å²) in [7, 11) is -0.463. The average molecular weight is 313 g/mol. The van der Waals surface area contributed by atoms with Crippen molar-refractivity contribution in [1.82, 2.24) is 4.31 Å².